The number of halogens is 1. The fraction of sp³-hybridized carbons (Fsp3) is 0.600. The second kappa shape index (κ2) is 5.36. The van der Waals surface area contributed by atoms with E-state index in [1.807, 2.05) is 6.92 Å². The molecule has 0 aliphatic carbocycles. The predicted octanol–water partition coefficient (Wildman–Crippen LogP) is 2.23. The van der Waals surface area contributed by atoms with E-state index < -0.39 is 10.0 Å². The zero-order valence-corrected chi connectivity index (χ0v) is 12.7. The minimum absolute atomic E-state index is 0.413. The Balaban J connectivity index is 2.31. The molecule has 1 aliphatic heterocycles. The molecule has 1 aliphatic rings. The lowest BCUT2D eigenvalue weighted by atomic mass is 10.5. The van der Waals surface area contributed by atoms with Crippen LogP contribution in [0.25, 0.3) is 0 Å². The van der Waals surface area contributed by atoms with Gasteiger partial charge in [0.05, 0.1) is 15.3 Å². The Morgan fingerprint density at radius 1 is 1.41 bits per heavy atom. The molecule has 1 aromatic rings. The second-order valence-electron chi connectivity index (χ2n) is 3.84. The van der Waals surface area contributed by atoms with Gasteiger partial charge in [-0.15, -0.1) is 11.3 Å². The molecule has 0 unspecified atom stereocenters. The van der Waals surface area contributed by atoms with E-state index in [1.165, 1.54) is 15.6 Å². The Hall–Kier alpha value is 0.0500. The number of hydrogen-bond acceptors (Lipinski definition) is 4. The van der Waals surface area contributed by atoms with Crippen molar-refractivity contribution >= 4 is 37.3 Å². The molecule has 0 spiro atoms. The standard InChI is InChI=1S/C10H14BrNO3S2/c1-8-9(7-10(11)16-8)17(13,14)12-3-2-5-15-6-4-12/h7H,2-6H2,1H3. The Morgan fingerprint density at radius 3 is 2.82 bits per heavy atom. The summed E-state index contributed by atoms with van der Waals surface area (Å²) in [6, 6.07) is 1.68. The number of aryl methyl sites for hydroxylation is 1. The van der Waals surface area contributed by atoms with E-state index in [9.17, 15) is 8.42 Å². The number of rotatable bonds is 2. The van der Waals surface area contributed by atoms with Crippen molar-refractivity contribution in [3.05, 3.63) is 14.7 Å². The van der Waals surface area contributed by atoms with Crippen LogP contribution in [0.5, 0.6) is 0 Å². The van der Waals surface area contributed by atoms with Crippen LogP contribution in [-0.4, -0.2) is 39.0 Å². The topological polar surface area (TPSA) is 46.6 Å². The minimum atomic E-state index is -3.36. The van der Waals surface area contributed by atoms with Gasteiger partial charge in [-0.1, -0.05) is 0 Å². The highest BCUT2D eigenvalue weighted by Crippen LogP contribution is 2.31. The molecule has 0 saturated carbocycles. The third-order valence-corrected chi connectivity index (χ3v) is 6.35. The van der Waals surface area contributed by atoms with Crippen LogP contribution in [0.4, 0.5) is 0 Å². The van der Waals surface area contributed by atoms with Gasteiger partial charge >= 0.3 is 0 Å². The van der Waals surface area contributed by atoms with Crippen LogP contribution >= 0.6 is 27.3 Å². The molecular formula is C10H14BrNO3S2. The Bertz CT molecular complexity index is 490. The zero-order chi connectivity index (χ0) is 12.5. The molecule has 0 radical (unpaired) electrons. The number of ether oxygens (including phenoxy) is 1. The molecule has 0 N–H and O–H groups in total. The van der Waals surface area contributed by atoms with E-state index in [4.69, 9.17) is 4.74 Å². The first kappa shape index (κ1) is 13.5. The second-order valence-corrected chi connectivity index (χ2v) is 8.38. The summed E-state index contributed by atoms with van der Waals surface area (Å²) in [5.41, 5.74) is 0. The van der Waals surface area contributed by atoms with Crippen LogP contribution in [0.3, 0.4) is 0 Å². The molecule has 2 rings (SSSR count). The summed E-state index contributed by atoms with van der Waals surface area (Å²) in [6.45, 7) is 3.92. The maximum absolute atomic E-state index is 12.4. The number of nitrogens with zero attached hydrogens (tertiary/aromatic N) is 1. The molecule has 4 nitrogen and oxygen atoms in total. The molecule has 0 aromatic carbocycles. The van der Waals surface area contributed by atoms with Gasteiger partial charge < -0.3 is 4.74 Å². The van der Waals surface area contributed by atoms with Gasteiger partial charge in [0.15, 0.2) is 0 Å². The quantitative estimate of drug-likeness (QED) is 0.829. The first-order valence-electron chi connectivity index (χ1n) is 5.35. The summed E-state index contributed by atoms with van der Waals surface area (Å²) in [4.78, 5) is 1.23. The van der Waals surface area contributed by atoms with Crippen LogP contribution < -0.4 is 0 Å². The molecule has 2 heterocycles. The smallest absolute Gasteiger partial charge is 0.244 e. The zero-order valence-electron chi connectivity index (χ0n) is 9.48. The van der Waals surface area contributed by atoms with Gasteiger partial charge in [-0.05, 0) is 35.3 Å². The number of sulfonamides is 1. The maximum atomic E-state index is 12.4. The lowest BCUT2D eigenvalue weighted by molar-refractivity contribution is 0.148. The normalized spacial score (nSPS) is 19.2. The molecule has 17 heavy (non-hydrogen) atoms. The van der Waals surface area contributed by atoms with Crippen molar-refractivity contribution in [2.75, 3.05) is 26.3 Å². The predicted molar refractivity (Wildman–Crippen MR) is 71.0 cm³/mol. The van der Waals surface area contributed by atoms with E-state index in [0.717, 1.165) is 15.1 Å². The highest BCUT2D eigenvalue weighted by atomic mass is 79.9. The van der Waals surface area contributed by atoms with Crippen molar-refractivity contribution in [3.63, 3.8) is 0 Å². The molecule has 1 aromatic heterocycles. The SMILES string of the molecule is Cc1sc(Br)cc1S(=O)(=O)N1CCCOCC1. The molecule has 7 heteroatoms. The first-order valence-corrected chi connectivity index (χ1v) is 8.40. The molecular weight excluding hydrogens is 326 g/mol. The van der Waals surface area contributed by atoms with Crippen LogP contribution in [0.2, 0.25) is 0 Å². The van der Waals surface area contributed by atoms with E-state index in [-0.39, 0.29) is 0 Å². The van der Waals surface area contributed by atoms with Crippen molar-refractivity contribution in [2.24, 2.45) is 0 Å². The molecule has 1 saturated heterocycles. The van der Waals surface area contributed by atoms with Crippen molar-refractivity contribution in [1.82, 2.24) is 4.31 Å². The fourth-order valence-electron chi connectivity index (χ4n) is 1.79. The third kappa shape index (κ3) is 2.90. The molecule has 0 amide bonds. The van der Waals surface area contributed by atoms with Gasteiger partial charge in [0, 0.05) is 24.6 Å². The van der Waals surface area contributed by atoms with Crippen LogP contribution in [0.15, 0.2) is 14.7 Å². The third-order valence-electron chi connectivity index (χ3n) is 2.64. The molecule has 0 bridgehead atoms. The van der Waals surface area contributed by atoms with E-state index in [0.29, 0.717) is 31.2 Å². The van der Waals surface area contributed by atoms with Crippen LogP contribution in [0, 0.1) is 6.92 Å². The number of hydrogen-bond donors (Lipinski definition) is 0. The highest BCUT2D eigenvalue weighted by Gasteiger charge is 2.28. The van der Waals surface area contributed by atoms with Crippen LogP contribution in [0.1, 0.15) is 11.3 Å². The monoisotopic (exact) mass is 339 g/mol. The molecule has 1 fully saturated rings. The lowest BCUT2D eigenvalue weighted by Gasteiger charge is -2.18. The summed E-state index contributed by atoms with van der Waals surface area (Å²) in [5, 5.41) is 0. The summed E-state index contributed by atoms with van der Waals surface area (Å²) >= 11 is 4.77. The van der Waals surface area contributed by atoms with E-state index in [2.05, 4.69) is 15.9 Å². The van der Waals surface area contributed by atoms with E-state index >= 15 is 0 Å². The maximum Gasteiger partial charge on any atom is 0.244 e. The van der Waals surface area contributed by atoms with Crippen molar-refractivity contribution < 1.29 is 13.2 Å². The average molecular weight is 340 g/mol. The Kier molecular flexibility index (Phi) is 4.25. The van der Waals surface area contributed by atoms with Crippen molar-refractivity contribution in [2.45, 2.75) is 18.2 Å². The van der Waals surface area contributed by atoms with Crippen molar-refractivity contribution in [1.29, 1.82) is 0 Å². The van der Waals surface area contributed by atoms with Crippen molar-refractivity contribution in [3.8, 4) is 0 Å². The minimum Gasteiger partial charge on any atom is -0.380 e. The first-order chi connectivity index (χ1) is 8.01. The van der Waals surface area contributed by atoms with Gasteiger partial charge in [0.1, 0.15) is 0 Å². The molecule has 96 valence electrons. The van der Waals surface area contributed by atoms with Gasteiger partial charge in [0.25, 0.3) is 0 Å². The van der Waals surface area contributed by atoms with E-state index in [1.54, 1.807) is 6.07 Å². The molecule has 0 atom stereocenters. The summed E-state index contributed by atoms with van der Waals surface area (Å²) in [5.74, 6) is 0. The Labute approximate surface area is 114 Å². The largest absolute Gasteiger partial charge is 0.380 e. The van der Waals surface area contributed by atoms with Crippen LogP contribution in [-0.2, 0) is 14.8 Å². The number of thiophene rings is 1. The van der Waals surface area contributed by atoms with Gasteiger partial charge in [-0.3, -0.25) is 0 Å². The fourth-order valence-corrected chi connectivity index (χ4v) is 5.64. The Morgan fingerprint density at radius 2 is 2.18 bits per heavy atom. The van der Waals surface area contributed by atoms with Gasteiger partial charge in [-0.2, -0.15) is 4.31 Å². The summed E-state index contributed by atoms with van der Waals surface area (Å²) in [7, 11) is -3.36. The van der Waals surface area contributed by atoms with Gasteiger partial charge in [-0.25, -0.2) is 8.42 Å². The highest BCUT2D eigenvalue weighted by molar-refractivity contribution is 9.11. The average Bonchev–Trinajstić information content (AvgIpc) is 2.52. The van der Waals surface area contributed by atoms with Gasteiger partial charge in [0.2, 0.25) is 10.0 Å². The summed E-state index contributed by atoms with van der Waals surface area (Å²) in [6.07, 6.45) is 0.754. The lowest BCUT2D eigenvalue weighted by Crippen LogP contribution is -2.33. The summed E-state index contributed by atoms with van der Waals surface area (Å²) < 4.78 is 32.5.